The number of aryl methyl sites for hydroxylation is 1. The van der Waals surface area contributed by atoms with Crippen LogP contribution in [0.2, 0.25) is 0 Å². The second-order valence-corrected chi connectivity index (χ2v) is 7.99. The van der Waals surface area contributed by atoms with Gasteiger partial charge in [-0.05, 0) is 36.1 Å². The Labute approximate surface area is 177 Å². The highest BCUT2D eigenvalue weighted by molar-refractivity contribution is 5.72. The smallest absolute Gasteiger partial charge is 0.320 e. The molecule has 2 aromatic heterocycles. The van der Waals surface area contributed by atoms with Crippen molar-refractivity contribution >= 4 is 11.2 Å². The van der Waals surface area contributed by atoms with Crippen molar-refractivity contribution in [3.8, 4) is 5.69 Å². The average Bonchev–Trinajstić information content (AvgIpc) is 3.12. The van der Waals surface area contributed by atoms with Crippen molar-refractivity contribution in [3.05, 3.63) is 92.4 Å². The number of hydrogen-bond acceptors (Lipinski definition) is 3. The first kappa shape index (κ1) is 20.7. The number of aromatic nitrogens is 4. The first-order chi connectivity index (χ1) is 14.8. The topological polar surface area (TPSA) is 61.8 Å². The van der Waals surface area contributed by atoms with Crippen LogP contribution in [0.3, 0.4) is 0 Å². The van der Waals surface area contributed by atoms with Crippen molar-refractivity contribution < 1.29 is 8.78 Å². The summed E-state index contributed by atoms with van der Waals surface area (Å²) in [6.45, 7) is 6.25. The molecule has 4 rings (SSSR count). The highest BCUT2D eigenvalue weighted by Gasteiger charge is 2.22. The number of nitrogens with zero attached hydrogens (tertiary/aromatic N) is 4. The molecule has 8 heteroatoms. The zero-order valence-electron chi connectivity index (χ0n) is 17.5. The monoisotopic (exact) mass is 424 g/mol. The third kappa shape index (κ3) is 3.69. The van der Waals surface area contributed by atoms with E-state index < -0.39 is 22.9 Å². The number of hydrogen-bond donors (Lipinski definition) is 0. The Balaban J connectivity index is 2.04. The summed E-state index contributed by atoms with van der Waals surface area (Å²) in [6.07, 6.45) is 1.47. The van der Waals surface area contributed by atoms with E-state index in [9.17, 15) is 18.4 Å². The van der Waals surface area contributed by atoms with Crippen molar-refractivity contribution in [2.45, 2.75) is 33.9 Å². The molecule has 0 aliphatic rings. The fourth-order valence-corrected chi connectivity index (χ4v) is 3.68. The second-order valence-electron chi connectivity index (χ2n) is 7.99. The molecular formula is C23H22F2N4O2. The van der Waals surface area contributed by atoms with Crippen LogP contribution in [0.5, 0.6) is 0 Å². The van der Waals surface area contributed by atoms with Gasteiger partial charge < -0.3 is 4.57 Å². The number of rotatable bonds is 5. The van der Waals surface area contributed by atoms with Crippen LogP contribution in [0.25, 0.3) is 16.9 Å². The molecule has 0 aliphatic carbocycles. The zero-order chi connectivity index (χ0) is 22.3. The van der Waals surface area contributed by atoms with Gasteiger partial charge in [0, 0.05) is 19.2 Å². The van der Waals surface area contributed by atoms with E-state index in [1.54, 1.807) is 4.57 Å². The second kappa shape index (κ2) is 7.94. The van der Waals surface area contributed by atoms with Gasteiger partial charge >= 0.3 is 5.69 Å². The summed E-state index contributed by atoms with van der Waals surface area (Å²) < 4.78 is 31.9. The molecule has 0 atom stereocenters. The Hall–Kier alpha value is -3.55. The SMILES string of the molecule is Cc1ccccc1Cn1cnc2c1c(=O)n(CC(C)C)c(=O)n2-c1ccc(F)cc1F. The van der Waals surface area contributed by atoms with Crippen molar-refractivity contribution in [2.24, 2.45) is 5.92 Å². The van der Waals surface area contributed by atoms with Gasteiger partial charge in [0.15, 0.2) is 11.2 Å². The highest BCUT2D eigenvalue weighted by Crippen LogP contribution is 2.19. The molecule has 0 amide bonds. The van der Waals surface area contributed by atoms with Gasteiger partial charge in [-0.25, -0.2) is 23.1 Å². The van der Waals surface area contributed by atoms with Crippen molar-refractivity contribution in [2.75, 3.05) is 0 Å². The highest BCUT2D eigenvalue weighted by atomic mass is 19.1. The first-order valence-corrected chi connectivity index (χ1v) is 9.98. The maximum absolute atomic E-state index is 14.6. The quantitative estimate of drug-likeness (QED) is 0.492. The molecule has 0 fully saturated rings. The predicted molar refractivity (Wildman–Crippen MR) is 115 cm³/mol. The molecule has 0 aliphatic heterocycles. The van der Waals surface area contributed by atoms with Crippen LogP contribution in [-0.4, -0.2) is 18.7 Å². The predicted octanol–water partition coefficient (Wildman–Crippen LogP) is 3.64. The van der Waals surface area contributed by atoms with Crippen LogP contribution < -0.4 is 11.2 Å². The average molecular weight is 424 g/mol. The molecule has 31 heavy (non-hydrogen) atoms. The Morgan fingerprint density at radius 3 is 2.48 bits per heavy atom. The lowest BCUT2D eigenvalue weighted by molar-refractivity contribution is 0.486. The van der Waals surface area contributed by atoms with E-state index in [1.165, 1.54) is 12.4 Å². The van der Waals surface area contributed by atoms with Gasteiger partial charge in [-0.2, -0.15) is 0 Å². The van der Waals surface area contributed by atoms with Gasteiger partial charge in [-0.3, -0.25) is 9.36 Å². The summed E-state index contributed by atoms with van der Waals surface area (Å²) >= 11 is 0. The van der Waals surface area contributed by atoms with E-state index >= 15 is 0 Å². The van der Waals surface area contributed by atoms with Gasteiger partial charge in [0.2, 0.25) is 0 Å². The third-order valence-corrected chi connectivity index (χ3v) is 5.20. The summed E-state index contributed by atoms with van der Waals surface area (Å²) in [5, 5.41) is 0. The minimum atomic E-state index is -0.911. The van der Waals surface area contributed by atoms with Gasteiger partial charge in [0.25, 0.3) is 5.56 Å². The molecule has 0 spiro atoms. The molecule has 160 valence electrons. The maximum atomic E-state index is 14.6. The Morgan fingerprint density at radius 1 is 1.06 bits per heavy atom. The molecule has 0 radical (unpaired) electrons. The van der Waals surface area contributed by atoms with E-state index in [0.717, 1.165) is 26.3 Å². The summed E-state index contributed by atoms with van der Waals surface area (Å²) in [4.78, 5) is 30.8. The third-order valence-electron chi connectivity index (χ3n) is 5.20. The molecule has 0 N–H and O–H groups in total. The van der Waals surface area contributed by atoms with Crippen LogP contribution >= 0.6 is 0 Å². The summed E-state index contributed by atoms with van der Waals surface area (Å²) in [5.41, 5.74) is 0.903. The Bertz CT molecular complexity index is 1400. The fraction of sp³-hybridized carbons (Fsp3) is 0.261. The van der Waals surface area contributed by atoms with Crippen molar-refractivity contribution in [1.82, 2.24) is 18.7 Å². The number of imidazole rings is 1. The van der Waals surface area contributed by atoms with E-state index in [4.69, 9.17) is 0 Å². The molecule has 0 saturated heterocycles. The maximum Gasteiger partial charge on any atom is 0.337 e. The Kier molecular flexibility index (Phi) is 5.31. The van der Waals surface area contributed by atoms with Crippen molar-refractivity contribution in [3.63, 3.8) is 0 Å². The largest absolute Gasteiger partial charge is 0.337 e. The summed E-state index contributed by atoms with van der Waals surface area (Å²) in [7, 11) is 0. The van der Waals surface area contributed by atoms with Crippen molar-refractivity contribution in [1.29, 1.82) is 0 Å². The molecule has 4 aromatic rings. The Morgan fingerprint density at radius 2 is 1.81 bits per heavy atom. The lowest BCUT2D eigenvalue weighted by atomic mass is 10.1. The number of benzene rings is 2. The first-order valence-electron chi connectivity index (χ1n) is 9.98. The summed E-state index contributed by atoms with van der Waals surface area (Å²) in [6, 6.07) is 10.7. The molecule has 2 heterocycles. The lowest BCUT2D eigenvalue weighted by Gasteiger charge is -2.15. The van der Waals surface area contributed by atoms with Gasteiger partial charge in [0.05, 0.1) is 12.0 Å². The van der Waals surface area contributed by atoms with Gasteiger partial charge in [0.1, 0.15) is 11.6 Å². The van der Waals surface area contributed by atoms with E-state index in [0.29, 0.717) is 12.6 Å². The van der Waals surface area contributed by atoms with Gasteiger partial charge in [-0.1, -0.05) is 38.1 Å². The normalized spacial score (nSPS) is 11.5. The minimum Gasteiger partial charge on any atom is -0.320 e. The fourth-order valence-electron chi connectivity index (χ4n) is 3.68. The number of halogens is 2. The van der Waals surface area contributed by atoms with Crippen LogP contribution in [0.15, 0.2) is 58.4 Å². The zero-order valence-corrected chi connectivity index (χ0v) is 17.5. The molecule has 6 nitrogen and oxygen atoms in total. The minimum absolute atomic E-state index is 0.00195. The van der Waals surface area contributed by atoms with E-state index in [2.05, 4.69) is 4.98 Å². The standard InChI is InChI=1S/C23H22F2N4O2/c1-14(2)11-28-22(30)20-21(26-13-27(20)12-16-7-5-4-6-15(16)3)29(23(28)31)19-9-8-17(24)10-18(19)25/h4-10,13-14H,11-12H2,1-3H3. The van der Waals surface area contributed by atoms with E-state index in [1.807, 2.05) is 45.0 Å². The van der Waals surface area contributed by atoms with Crippen LogP contribution in [0, 0.1) is 24.5 Å². The summed E-state index contributed by atoms with van der Waals surface area (Å²) in [5.74, 6) is -1.67. The van der Waals surface area contributed by atoms with Gasteiger partial charge in [-0.15, -0.1) is 0 Å². The van der Waals surface area contributed by atoms with Crippen LogP contribution in [-0.2, 0) is 13.1 Å². The molecule has 0 saturated carbocycles. The van der Waals surface area contributed by atoms with Crippen LogP contribution in [0.1, 0.15) is 25.0 Å². The van der Waals surface area contributed by atoms with E-state index in [-0.39, 0.29) is 29.3 Å². The molecule has 2 aromatic carbocycles. The molecule has 0 bridgehead atoms. The van der Waals surface area contributed by atoms with Crippen LogP contribution in [0.4, 0.5) is 8.78 Å². The lowest BCUT2D eigenvalue weighted by Crippen LogP contribution is -2.41. The number of fused-ring (bicyclic) bond motifs is 1. The molecule has 0 unspecified atom stereocenters. The molecular weight excluding hydrogens is 402 g/mol.